The van der Waals surface area contributed by atoms with Gasteiger partial charge in [-0.3, -0.25) is 4.99 Å². The first-order valence-electron chi connectivity index (χ1n) is 12.0. The van der Waals surface area contributed by atoms with Crippen LogP contribution in [0.2, 0.25) is 12.1 Å². The average molecular weight is 481 g/mol. The van der Waals surface area contributed by atoms with Gasteiger partial charge in [0, 0.05) is 52.2 Å². The molecule has 187 valence electrons. The van der Waals surface area contributed by atoms with Crippen LogP contribution in [0.3, 0.4) is 0 Å². The lowest BCUT2D eigenvalue weighted by Crippen LogP contribution is -2.47. The molecule has 0 unspecified atom stereocenters. The van der Waals surface area contributed by atoms with E-state index in [9.17, 15) is 0 Å². The SMILES string of the molecule is C=NCCN(CCC[Si](OCC)(OCC)OCC)CCC[Si-](OCC)(OCC)OCC. The summed E-state index contributed by atoms with van der Waals surface area (Å²) < 4.78 is 35.9. The summed E-state index contributed by atoms with van der Waals surface area (Å²) in [7, 11) is -5.21. The Morgan fingerprint density at radius 1 is 0.710 bits per heavy atom. The van der Waals surface area contributed by atoms with Gasteiger partial charge in [-0.25, -0.2) is 0 Å². The summed E-state index contributed by atoms with van der Waals surface area (Å²) in [6, 6.07) is 1.63. The molecule has 0 aliphatic carbocycles. The highest BCUT2D eigenvalue weighted by molar-refractivity contribution is 6.61. The second-order valence-corrected chi connectivity index (χ2v) is 12.4. The summed E-state index contributed by atoms with van der Waals surface area (Å²) in [5.41, 5.74) is 0. The highest BCUT2D eigenvalue weighted by Crippen LogP contribution is 2.20. The topological polar surface area (TPSA) is 71.0 Å². The molecule has 8 nitrogen and oxygen atoms in total. The number of nitrogens with zero attached hydrogens (tertiary/aromatic N) is 2. The van der Waals surface area contributed by atoms with E-state index in [1.54, 1.807) is 0 Å². The van der Waals surface area contributed by atoms with Crippen molar-refractivity contribution in [3.05, 3.63) is 0 Å². The molecule has 0 atom stereocenters. The molecule has 0 bridgehead atoms. The van der Waals surface area contributed by atoms with Crippen molar-refractivity contribution in [1.29, 1.82) is 0 Å². The van der Waals surface area contributed by atoms with E-state index in [2.05, 4.69) is 16.6 Å². The molecule has 0 rings (SSSR count). The van der Waals surface area contributed by atoms with Gasteiger partial charge in [-0.05, 0) is 67.8 Å². The third-order valence-corrected chi connectivity index (χ3v) is 11.0. The van der Waals surface area contributed by atoms with Gasteiger partial charge in [-0.2, -0.15) is 0 Å². The molecule has 0 aromatic carbocycles. The molecule has 0 aliphatic heterocycles. The fraction of sp³-hybridized carbons (Fsp3) is 0.952. The minimum atomic E-state index is -2.60. The Hall–Kier alpha value is -0.176. The van der Waals surface area contributed by atoms with Crippen molar-refractivity contribution in [2.75, 3.05) is 65.8 Å². The van der Waals surface area contributed by atoms with Gasteiger partial charge in [-0.1, -0.05) is 12.5 Å². The summed E-state index contributed by atoms with van der Waals surface area (Å²) in [5.74, 6) is 0. The molecule has 0 saturated heterocycles. The molecule has 0 fully saturated rings. The molecule has 0 aliphatic rings. The Bertz CT molecular complexity index is 369. The second-order valence-electron chi connectivity index (χ2n) is 6.96. The van der Waals surface area contributed by atoms with Crippen molar-refractivity contribution in [3.8, 4) is 0 Å². The molecule has 0 spiro atoms. The van der Waals surface area contributed by atoms with Crippen LogP contribution in [0.4, 0.5) is 0 Å². The summed E-state index contributed by atoms with van der Waals surface area (Å²) in [6.45, 7) is 22.7. The molecule has 0 saturated carbocycles. The predicted molar refractivity (Wildman–Crippen MR) is 131 cm³/mol. The van der Waals surface area contributed by atoms with E-state index in [0.717, 1.165) is 51.1 Å². The molecule has 0 heterocycles. The predicted octanol–water partition coefficient (Wildman–Crippen LogP) is 3.87. The van der Waals surface area contributed by atoms with Crippen LogP contribution in [-0.4, -0.2) is 95.0 Å². The quantitative estimate of drug-likeness (QED) is 0.162. The highest BCUT2D eigenvalue weighted by atomic mass is 28.4. The van der Waals surface area contributed by atoms with Crippen LogP contribution in [0.15, 0.2) is 4.99 Å². The zero-order chi connectivity index (χ0) is 23.4. The van der Waals surface area contributed by atoms with Gasteiger partial charge >= 0.3 is 8.80 Å². The normalized spacial score (nSPS) is 12.6. The highest BCUT2D eigenvalue weighted by Gasteiger charge is 2.39. The lowest BCUT2D eigenvalue weighted by Gasteiger charge is -2.43. The zero-order valence-corrected chi connectivity index (χ0v) is 23.0. The molecule has 0 N–H and O–H groups in total. The Morgan fingerprint density at radius 2 is 1.19 bits per heavy atom. The second kappa shape index (κ2) is 19.3. The van der Waals surface area contributed by atoms with Gasteiger partial charge in [-0.15, -0.1) is 0 Å². The maximum Gasteiger partial charge on any atom is 0.500 e. The van der Waals surface area contributed by atoms with Crippen molar-refractivity contribution in [3.63, 3.8) is 0 Å². The Morgan fingerprint density at radius 3 is 1.61 bits per heavy atom. The number of aliphatic imine (C=N–C) groups is 1. The fourth-order valence-corrected chi connectivity index (χ4v) is 8.78. The van der Waals surface area contributed by atoms with Crippen LogP contribution in [-0.2, 0) is 26.6 Å². The van der Waals surface area contributed by atoms with Crippen molar-refractivity contribution < 1.29 is 26.6 Å². The molecule has 0 aromatic heterocycles. The minimum Gasteiger partial charge on any atom is -0.525 e. The van der Waals surface area contributed by atoms with E-state index < -0.39 is 17.6 Å². The first kappa shape index (κ1) is 30.8. The van der Waals surface area contributed by atoms with Crippen LogP contribution in [0.25, 0.3) is 0 Å². The fourth-order valence-electron chi connectivity index (χ4n) is 3.59. The Kier molecular flexibility index (Phi) is 19.2. The molecular weight excluding hydrogens is 432 g/mol. The Balaban J connectivity index is 4.88. The summed E-state index contributed by atoms with van der Waals surface area (Å²) >= 11 is 0. The van der Waals surface area contributed by atoms with Crippen LogP contribution in [0.5, 0.6) is 0 Å². The standard InChI is InChI=1S/C21H48N2O6Si2/c1-8-24-30(25-9-2,26-10-3)20-14-17-23(19-16-22-7)18-15-21-31(27-11-4,28-12-5)29-13-6/h7-21H2,1-6H3/q-1. The van der Waals surface area contributed by atoms with Crippen LogP contribution < -0.4 is 0 Å². The third-order valence-electron chi connectivity index (χ3n) is 4.67. The van der Waals surface area contributed by atoms with Crippen molar-refractivity contribution in [2.45, 2.75) is 66.5 Å². The first-order chi connectivity index (χ1) is 15.0. The molecule has 31 heavy (non-hydrogen) atoms. The molecule has 10 heteroatoms. The van der Waals surface area contributed by atoms with E-state index in [0.29, 0.717) is 39.6 Å². The smallest absolute Gasteiger partial charge is 0.500 e. The average Bonchev–Trinajstić information content (AvgIpc) is 2.73. The van der Waals surface area contributed by atoms with Gasteiger partial charge in [0.2, 0.25) is 0 Å². The van der Waals surface area contributed by atoms with E-state index >= 15 is 0 Å². The molecule has 0 amide bonds. The van der Waals surface area contributed by atoms with E-state index in [1.165, 1.54) is 0 Å². The Labute approximate surface area is 193 Å². The first-order valence-corrected chi connectivity index (χ1v) is 15.9. The number of hydrogen-bond donors (Lipinski definition) is 0. The van der Waals surface area contributed by atoms with E-state index in [4.69, 9.17) is 26.6 Å². The maximum atomic E-state index is 5.98. The van der Waals surface area contributed by atoms with Gasteiger partial charge < -0.3 is 31.5 Å². The summed E-state index contributed by atoms with van der Waals surface area (Å²) in [6.07, 6.45) is 1.91. The van der Waals surface area contributed by atoms with Crippen molar-refractivity contribution >= 4 is 24.3 Å². The zero-order valence-electron chi connectivity index (χ0n) is 21.0. The van der Waals surface area contributed by atoms with Crippen molar-refractivity contribution in [1.82, 2.24) is 4.90 Å². The van der Waals surface area contributed by atoms with Crippen LogP contribution in [0, 0.1) is 0 Å². The molecular formula is C21H48N2O6Si2-. The third kappa shape index (κ3) is 13.2. The lowest BCUT2D eigenvalue weighted by atomic mass is 10.3. The van der Waals surface area contributed by atoms with Gasteiger partial charge in [0.05, 0.1) is 6.54 Å². The molecule has 0 radical (unpaired) electrons. The lowest BCUT2D eigenvalue weighted by molar-refractivity contribution is 0.0693. The summed E-state index contributed by atoms with van der Waals surface area (Å²) in [5, 5.41) is 0. The van der Waals surface area contributed by atoms with Gasteiger partial charge in [0.15, 0.2) is 0 Å². The number of hydrogen-bond acceptors (Lipinski definition) is 8. The van der Waals surface area contributed by atoms with E-state index in [-0.39, 0.29) is 0 Å². The monoisotopic (exact) mass is 480 g/mol. The van der Waals surface area contributed by atoms with Crippen LogP contribution >= 0.6 is 0 Å². The van der Waals surface area contributed by atoms with E-state index in [1.807, 2.05) is 41.5 Å². The molecule has 0 aromatic rings. The van der Waals surface area contributed by atoms with Crippen LogP contribution in [0.1, 0.15) is 54.4 Å². The minimum absolute atomic E-state index is 0.606. The number of rotatable bonds is 23. The maximum absolute atomic E-state index is 5.98. The van der Waals surface area contributed by atoms with Gasteiger partial charge in [0.25, 0.3) is 8.80 Å². The van der Waals surface area contributed by atoms with Gasteiger partial charge in [0.1, 0.15) is 0 Å². The van der Waals surface area contributed by atoms with Crippen molar-refractivity contribution in [2.24, 2.45) is 4.99 Å². The largest absolute Gasteiger partial charge is 0.525 e. The summed E-state index contributed by atoms with van der Waals surface area (Å²) in [4.78, 5) is 6.46.